The molecule has 134 valence electrons. The molecule has 0 saturated heterocycles. The summed E-state index contributed by atoms with van der Waals surface area (Å²) in [6.45, 7) is 1.70. The highest BCUT2D eigenvalue weighted by molar-refractivity contribution is 7.15. The topological polar surface area (TPSA) is 68.2 Å². The van der Waals surface area contributed by atoms with Crippen LogP contribution in [0.1, 0.15) is 24.1 Å². The van der Waals surface area contributed by atoms with Crippen molar-refractivity contribution >= 4 is 16.3 Å². The Kier molecular flexibility index (Phi) is 4.04. The number of rotatable bonds is 5. The molecule has 0 aliphatic rings. The van der Waals surface area contributed by atoms with Gasteiger partial charge in [-0.3, -0.25) is 4.40 Å². The molecule has 0 aliphatic carbocycles. The van der Waals surface area contributed by atoms with Gasteiger partial charge in [-0.05, 0) is 6.07 Å². The Morgan fingerprint density at radius 1 is 1.35 bits per heavy atom. The molecule has 26 heavy (non-hydrogen) atoms. The Bertz CT molecular complexity index is 1020. The standard InChI is InChI=1S/C17H15F2N5OS/c1-11(15-7-23-4-5-26-16(23)22-15)17(25,8-24-10-20-9-21-24)13-3-2-12(18)6-14(13)19/h2-7,9-11,25H,8H2,1H3. The van der Waals surface area contributed by atoms with E-state index in [2.05, 4.69) is 15.1 Å². The fraction of sp³-hybridized carbons (Fsp3) is 0.235. The number of benzene rings is 1. The Morgan fingerprint density at radius 3 is 2.88 bits per heavy atom. The van der Waals surface area contributed by atoms with Gasteiger partial charge < -0.3 is 5.11 Å². The molecule has 4 aromatic rings. The minimum Gasteiger partial charge on any atom is -0.382 e. The first-order chi connectivity index (χ1) is 12.5. The second-order valence-corrected chi connectivity index (χ2v) is 6.99. The van der Waals surface area contributed by atoms with Crippen LogP contribution in [0.15, 0.2) is 48.6 Å². The summed E-state index contributed by atoms with van der Waals surface area (Å²) in [7, 11) is 0. The molecule has 0 saturated carbocycles. The number of hydrogen-bond donors (Lipinski definition) is 1. The zero-order valence-electron chi connectivity index (χ0n) is 13.8. The van der Waals surface area contributed by atoms with E-state index in [-0.39, 0.29) is 12.1 Å². The van der Waals surface area contributed by atoms with Gasteiger partial charge in [-0.25, -0.2) is 23.4 Å². The van der Waals surface area contributed by atoms with Crippen LogP contribution in [-0.2, 0) is 12.1 Å². The van der Waals surface area contributed by atoms with Crippen molar-refractivity contribution in [3.8, 4) is 0 Å². The van der Waals surface area contributed by atoms with E-state index in [0.29, 0.717) is 5.69 Å². The molecule has 1 N–H and O–H groups in total. The molecule has 3 aromatic heterocycles. The van der Waals surface area contributed by atoms with Crippen molar-refractivity contribution in [3.05, 3.63) is 71.5 Å². The Morgan fingerprint density at radius 2 is 2.19 bits per heavy atom. The van der Waals surface area contributed by atoms with Crippen LogP contribution in [0.3, 0.4) is 0 Å². The monoisotopic (exact) mass is 375 g/mol. The molecular formula is C17H15F2N5OS. The summed E-state index contributed by atoms with van der Waals surface area (Å²) in [5.74, 6) is -2.11. The van der Waals surface area contributed by atoms with Crippen LogP contribution in [0.2, 0.25) is 0 Å². The molecule has 0 spiro atoms. The summed E-state index contributed by atoms with van der Waals surface area (Å²) >= 11 is 1.46. The van der Waals surface area contributed by atoms with E-state index in [1.807, 2.05) is 16.0 Å². The van der Waals surface area contributed by atoms with Crippen molar-refractivity contribution < 1.29 is 13.9 Å². The Balaban J connectivity index is 1.82. The molecule has 3 heterocycles. The predicted molar refractivity (Wildman–Crippen MR) is 91.8 cm³/mol. The first kappa shape index (κ1) is 16.8. The third kappa shape index (κ3) is 2.78. The number of thiazole rings is 1. The van der Waals surface area contributed by atoms with Crippen LogP contribution >= 0.6 is 11.3 Å². The number of halogens is 2. The van der Waals surface area contributed by atoms with Gasteiger partial charge in [0.1, 0.15) is 29.9 Å². The summed E-state index contributed by atoms with van der Waals surface area (Å²) in [6.07, 6.45) is 6.42. The minimum atomic E-state index is -1.70. The van der Waals surface area contributed by atoms with Crippen LogP contribution in [0.4, 0.5) is 8.78 Å². The van der Waals surface area contributed by atoms with Crippen molar-refractivity contribution in [1.29, 1.82) is 0 Å². The average molecular weight is 375 g/mol. The molecule has 1 aromatic carbocycles. The quantitative estimate of drug-likeness (QED) is 0.582. The fourth-order valence-corrected chi connectivity index (χ4v) is 3.76. The summed E-state index contributed by atoms with van der Waals surface area (Å²) in [5, 5.41) is 17.4. The Labute approximate surface area is 151 Å². The number of fused-ring (bicyclic) bond motifs is 1. The number of aliphatic hydroxyl groups is 1. The van der Waals surface area contributed by atoms with E-state index in [4.69, 9.17) is 0 Å². The molecule has 2 atom stereocenters. The zero-order chi connectivity index (χ0) is 18.3. The molecule has 0 fully saturated rings. The number of imidazole rings is 1. The maximum Gasteiger partial charge on any atom is 0.193 e. The van der Waals surface area contributed by atoms with Gasteiger partial charge >= 0.3 is 0 Å². The van der Waals surface area contributed by atoms with Crippen LogP contribution in [0.25, 0.3) is 4.96 Å². The highest BCUT2D eigenvalue weighted by atomic mass is 32.1. The average Bonchev–Trinajstić information content (AvgIpc) is 3.30. The van der Waals surface area contributed by atoms with Gasteiger partial charge in [-0.15, -0.1) is 11.3 Å². The minimum absolute atomic E-state index is 0.0155. The van der Waals surface area contributed by atoms with Crippen molar-refractivity contribution in [2.45, 2.75) is 25.0 Å². The van der Waals surface area contributed by atoms with Crippen LogP contribution < -0.4 is 0 Å². The third-order valence-corrected chi connectivity index (χ3v) is 5.31. The van der Waals surface area contributed by atoms with Gasteiger partial charge in [0.15, 0.2) is 4.96 Å². The van der Waals surface area contributed by atoms with E-state index < -0.39 is 23.2 Å². The fourth-order valence-electron chi connectivity index (χ4n) is 3.06. The lowest BCUT2D eigenvalue weighted by atomic mass is 9.80. The van der Waals surface area contributed by atoms with Gasteiger partial charge in [-0.2, -0.15) is 5.10 Å². The van der Waals surface area contributed by atoms with Crippen LogP contribution in [-0.4, -0.2) is 29.3 Å². The Hall–Kier alpha value is -2.65. The molecule has 0 radical (unpaired) electrons. The van der Waals surface area contributed by atoms with Gasteiger partial charge in [0, 0.05) is 35.3 Å². The van der Waals surface area contributed by atoms with Gasteiger partial charge in [0.05, 0.1) is 12.2 Å². The lowest BCUT2D eigenvalue weighted by Gasteiger charge is -2.34. The van der Waals surface area contributed by atoms with E-state index in [1.54, 1.807) is 13.1 Å². The summed E-state index contributed by atoms with van der Waals surface area (Å²) < 4.78 is 31.2. The van der Waals surface area contributed by atoms with Gasteiger partial charge in [0.2, 0.25) is 0 Å². The second-order valence-electron chi connectivity index (χ2n) is 6.12. The molecule has 0 amide bonds. The summed E-state index contributed by atoms with van der Waals surface area (Å²) in [5.41, 5.74) is -1.11. The highest BCUT2D eigenvalue weighted by Crippen LogP contribution is 2.39. The molecule has 2 unspecified atom stereocenters. The second kappa shape index (κ2) is 6.26. The smallest absolute Gasteiger partial charge is 0.193 e. The van der Waals surface area contributed by atoms with E-state index in [1.165, 1.54) is 34.7 Å². The molecule has 0 aliphatic heterocycles. The number of hydrogen-bond acceptors (Lipinski definition) is 5. The normalized spacial score (nSPS) is 15.2. The van der Waals surface area contributed by atoms with Crippen molar-refractivity contribution in [3.63, 3.8) is 0 Å². The van der Waals surface area contributed by atoms with E-state index >= 15 is 0 Å². The summed E-state index contributed by atoms with van der Waals surface area (Å²) in [6, 6.07) is 3.15. The first-order valence-electron chi connectivity index (χ1n) is 7.90. The van der Waals surface area contributed by atoms with Gasteiger partial charge in [-0.1, -0.05) is 13.0 Å². The number of nitrogens with zero attached hydrogens (tertiary/aromatic N) is 5. The molecule has 0 bridgehead atoms. The third-order valence-electron chi connectivity index (χ3n) is 4.54. The zero-order valence-corrected chi connectivity index (χ0v) is 14.6. The highest BCUT2D eigenvalue weighted by Gasteiger charge is 2.41. The van der Waals surface area contributed by atoms with Gasteiger partial charge in [0.25, 0.3) is 0 Å². The van der Waals surface area contributed by atoms with Crippen LogP contribution in [0.5, 0.6) is 0 Å². The molecule has 4 rings (SSSR count). The van der Waals surface area contributed by atoms with E-state index in [0.717, 1.165) is 17.1 Å². The SMILES string of the molecule is CC(c1cn2ccsc2n1)C(O)(Cn1cncn1)c1ccc(F)cc1F. The van der Waals surface area contributed by atoms with Crippen molar-refractivity contribution in [1.82, 2.24) is 24.1 Å². The molecule has 6 nitrogen and oxygen atoms in total. The van der Waals surface area contributed by atoms with Crippen molar-refractivity contribution in [2.24, 2.45) is 0 Å². The molecule has 9 heteroatoms. The maximum atomic E-state index is 14.5. The first-order valence-corrected chi connectivity index (χ1v) is 8.78. The summed E-state index contributed by atoms with van der Waals surface area (Å²) in [4.78, 5) is 9.16. The lowest BCUT2D eigenvalue weighted by molar-refractivity contribution is -0.0122. The number of aromatic nitrogens is 5. The maximum absolute atomic E-state index is 14.5. The predicted octanol–water partition coefficient (Wildman–Crippen LogP) is 2.96. The van der Waals surface area contributed by atoms with E-state index in [9.17, 15) is 13.9 Å². The largest absolute Gasteiger partial charge is 0.382 e. The van der Waals surface area contributed by atoms with Crippen LogP contribution in [0, 0.1) is 11.6 Å². The molecular weight excluding hydrogens is 360 g/mol. The van der Waals surface area contributed by atoms with Crippen molar-refractivity contribution in [2.75, 3.05) is 0 Å². The lowest BCUT2D eigenvalue weighted by Crippen LogP contribution is -2.38.